The number of rotatable bonds is 2. The summed E-state index contributed by atoms with van der Waals surface area (Å²) in [6, 6.07) is 9.71. The lowest BCUT2D eigenvalue weighted by Crippen LogP contribution is -2.25. The van der Waals surface area contributed by atoms with Crippen molar-refractivity contribution < 1.29 is 5.11 Å². The topological polar surface area (TPSA) is 61.8 Å². The number of aromatic amines is 1. The second kappa shape index (κ2) is 5.83. The Hall–Kier alpha value is -2.43. The summed E-state index contributed by atoms with van der Waals surface area (Å²) in [7, 11) is 0. The van der Waals surface area contributed by atoms with Crippen LogP contribution in [0.25, 0.3) is 11.6 Å². The summed E-state index contributed by atoms with van der Waals surface area (Å²) in [6.07, 6.45) is 6.09. The molecule has 0 fully saturated rings. The lowest BCUT2D eigenvalue weighted by Gasteiger charge is -2.27. The van der Waals surface area contributed by atoms with Gasteiger partial charge in [-0.15, -0.1) is 0 Å². The molecule has 0 spiro atoms. The van der Waals surface area contributed by atoms with Crippen LogP contribution >= 0.6 is 11.6 Å². The molecule has 0 radical (unpaired) electrons. The number of pyridine rings is 1. The minimum Gasteiger partial charge on any atom is -0.379 e. The second-order valence-electron chi connectivity index (χ2n) is 6.52. The van der Waals surface area contributed by atoms with Gasteiger partial charge in [-0.3, -0.25) is 4.98 Å². The standard InChI is InChI=1S/C20H18ClN3O/c1-12-19(24-11-23-12)20(2,25)17-8-14-4-3-7-22-18(14)9-13-5-6-15(21)10-16(13)17/h3-8,10-11,25H,9H2,1-2H3,(H,23,24). The molecule has 1 aliphatic rings. The third-order valence-electron chi connectivity index (χ3n) is 4.76. The number of H-pyrrole nitrogens is 1. The summed E-state index contributed by atoms with van der Waals surface area (Å²) >= 11 is 6.27. The minimum atomic E-state index is -1.26. The van der Waals surface area contributed by atoms with Gasteiger partial charge in [0.05, 0.1) is 17.7 Å². The Balaban J connectivity index is 2.00. The molecule has 126 valence electrons. The van der Waals surface area contributed by atoms with Gasteiger partial charge >= 0.3 is 0 Å². The third-order valence-corrected chi connectivity index (χ3v) is 5.00. The molecule has 0 amide bonds. The first-order chi connectivity index (χ1) is 12.0. The van der Waals surface area contributed by atoms with Crippen LogP contribution in [-0.4, -0.2) is 20.1 Å². The van der Waals surface area contributed by atoms with E-state index >= 15 is 0 Å². The smallest absolute Gasteiger partial charge is 0.131 e. The van der Waals surface area contributed by atoms with E-state index in [1.807, 2.05) is 43.3 Å². The molecule has 2 aromatic heterocycles. The number of benzene rings is 1. The maximum atomic E-state index is 11.5. The molecule has 1 atom stereocenters. The Morgan fingerprint density at radius 3 is 2.84 bits per heavy atom. The molecule has 1 unspecified atom stereocenters. The van der Waals surface area contributed by atoms with Gasteiger partial charge in [0.15, 0.2) is 0 Å². The average molecular weight is 352 g/mol. The van der Waals surface area contributed by atoms with Crippen LogP contribution in [-0.2, 0) is 12.0 Å². The molecule has 2 heterocycles. The molecule has 0 aliphatic heterocycles. The first kappa shape index (κ1) is 16.1. The maximum Gasteiger partial charge on any atom is 0.131 e. The van der Waals surface area contributed by atoms with Gasteiger partial charge in [0.1, 0.15) is 5.60 Å². The monoisotopic (exact) mass is 351 g/mol. The average Bonchev–Trinajstić information content (AvgIpc) is 2.94. The quantitative estimate of drug-likeness (QED) is 0.730. The number of aryl methyl sites for hydroxylation is 1. The van der Waals surface area contributed by atoms with Gasteiger partial charge in [-0.05, 0) is 60.4 Å². The maximum absolute atomic E-state index is 11.5. The van der Waals surface area contributed by atoms with Gasteiger partial charge in [-0.25, -0.2) is 4.98 Å². The highest BCUT2D eigenvalue weighted by Crippen LogP contribution is 2.42. The number of imidazole rings is 1. The molecule has 3 aromatic rings. The van der Waals surface area contributed by atoms with Crippen LogP contribution in [0.15, 0.2) is 42.9 Å². The normalized spacial score (nSPS) is 15.6. The van der Waals surface area contributed by atoms with Gasteiger partial charge in [0, 0.05) is 23.3 Å². The van der Waals surface area contributed by atoms with Crippen LogP contribution in [0.3, 0.4) is 0 Å². The van der Waals surface area contributed by atoms with Crippen LogP contribution in [0.2, 0.25) is 5.02 Å². The zero-order valence-corrected chi connectivity index (χ0v) is 14.8. The highest BCUT2D eigenvalue weighted by Gasteiger charge is 2.35. The largest absolute Gasteiger partial charge is 0.379 e. The van der Waals surface area contributed by atoms with Crippen molar-refractivity contribution in [1.29, 1.82) is 0 Å². The van der Waals surface area contributed by atoms with E-state index in [2.05, 4.69) is 15.0 Å². The molecule has 25 heavy (non-hydrogen) atoms. The van der Waals surface area contributed by atoms with Crippen molar-refractivity contribution in [3.05, 3.63) is 81.7 Å². The highest BCUT2D eigenvalue weighted by atomic mass is 35.5. The summed E-state index contributed by atoms with van der Waals surface area (Å²) in [4.78, 5) is 11.9. The number of aliphatic hydroxyl groups is 1. The van der Waals surface area contributed by atoms with Crippen molar-refractivity contribution in [3.63, 3.8) is 0 Å². The Bertz CT molecular complexity index is 988. The van der Waals surface area contributed by atoms with Crippen LogP contribution in [0, 0.1) is 6.92 Å². The van der Waals surface area contributed by atoms with E-state index in [9.17, 15) is 5.11 Å². The van der Waals surface area contributed by atoms with Crippen molar-refractivity contribution in [2.24, 2.45) is 0 Å². The van der Waals surface area contributed by atoms with E-state index < -0.39 is 5.60 Å². The van der Waals surface area contributed by atoms with E-state index in [4.69, 9.17) is 11.6 Å². The first-order valence-electron chi connectivity index (χ1n) is 8.14. The van der Waals surface area contributed by atoms with Crippen LogP contribution in [0.4, 0.5) is 0 Å². The van der Waals surface area contributed by atoms with Crippen molar-refractivity contribution >= 4 is 23.3 Å². The third kappa shape index (κ3) is 2.68. The lowest BCUT2D eigenvalue weighted by atomic mass is 9.84. The first-order valence-corrected chi connectivity index (χ1v) is 8.52. The van der Waals surface area contributed by atoms with E-state index in [0.717, 1.165) is 33.7 Å². The Morgan fingerprint density at radius 1 is 1.24 bits per heavy atom. The Kier molecular flexibility index (Phi) is 3.74. The number of hydrogen-bond donors (Lipinski definition) is 2. The van der Waals surface area contributed by atoms with E-state index in [0.29, 0.717) is 17.1 Å². The fraction of sp³-hybridized carbons (Fsp3) is 0.200. The molecular weight excluding hydrogens is 334 g/mol. The van der Waals surface area contributed by atoms with Crippen molar-refractivity contribution in [2.75, 3.05) is 0 Å². The second-order valence-corrected chi connectivity index (χ2v) is 6.96. The van der Waals surface area contributed by atoms with Gasteiger partial charge in [0.25, 0.3) is 0 Å². The van der Waals surface area contributed by atoms with Crippen LogP contribution in [0.5, 0.6) is 0 Å². The molecule has 0 saturated carbocycles. The highest BCUT2D eigenvalue weighted by molar-refractivity contribution is 6.30. The van der Waals surface area contributed by atoms with Gasteiger partial charge in [-0.1, -0.05) is 23.7 Å². The number of nitrogens with zero attached hydrogens (tertiary/aromatic N) is 2. The predicted molar refractivity (Wildman–Crippen MR) is 99.3 cm³/mol. The Labute approximate surface area is 151 Å². The van der Waals surface area contributed by atoms with Gasteiger partial charge < -0.3 is 10.1 Å². The van der Waals surface area contributed by atoms with Crippen molar-refractivity contribution in [1.82, 2.24) is 15.0 Å². The van der Waals surface area contributed by atoms with E-state index in [-0.39, 0.29) is 0 Å². The molecule has 4 nitrogen and oxygen atoms in total. The predicted octanol–water partition coefficient (Wildman–Crippen LogP) is 4.12. The zero-order chi connectivity index (χ0) is 17.6. The molecule has 2 N–H and O–H groups in total. The van der Waals surface area contributed by atoms with E-state index in [1.165, 1.54) is 0 Å². The van der Waals surface area contributed by atoms with Gasteiger partial charge in [0.2, 0.25) is 0 Å². The van der Waals surface area contributed by atoms with Crippen molar-refractivity contribution in [3.8, 4) is 0 Å². The summed E-state index contributed by atoms with van der Waals surface area (Å²) in [6.45, 7) is 3.68. The SMILES string of the molecule is Cc1[nH]cnc1C(C)(O)C1=Cc2cccnc2Cc2ccc(Cl)cc21. The number of hydrogen-bond acceptors (Lipinski definition) is 3. The lowest BCUT2D eigenvalue weighted by molar-refractivity contribution is 0.118. The summed E-state index contributed by atoms with van der Waals surface area (Å²) in [5, 5.41) is 12.1. The Morgan fingerprint density at radius 2 is 2.08 bits per heavy atom. The molecule has 5 heteroatoms. The van der Waals surface area contributed by atoms with E-state index in [1.54, 1.807) is 19.4 Å². The number of fused-ring (bicyclic) bond motifs is 2. The molecule has 0 bridgehead atoms. The molecule has 4 rings (SSSR count). The zero-order valence-electron chi connectivity index (χ0n) is 14.0. The summed E-state index contributed by atoms with van der Waals surface area (Å²) in [5.41, 5.74) is 4.95. The number of nitrogens with one attached hydrogen (secondary N) is 1. The van der Waals surface area contributed by atoms with Crippen LogP contribution in [0.1, 0.15) is 40.7 Å². The van der Waals surface area contributed by atoms with Crippen LogP contribution < -0.4 is 0 Å². The molecular formula is C20H18ClN3O. The van der Waals surface area contributed by atoms with Crippen molar-refractivity contribution in [2.45, 2.75) is 25.9 Å². The molecule has 1 aromatic carbocycles. The minimum absolute atomic E-state index is 0.608. The van der Waals surface area contributed by atoms with Gasteiger partial charge in [-0.2, -0.15) is 0 Å². The summed E-state index contributed by atoms with van der Waals surface area (Å²) in [5.74, 6) is 0. The number of aromatic nitrogens is 3. The molecule has 0 saturated heterocycles. The fourth-order valence-electron chi connectivity index (χ4n) is 3.48. The summed E-state index contributed by atoms with van der Waals surface area (Å²) < 4.78 is 0. The molecule has 1 aliphatic carbocycles. The number of halogens is 1. The fourth-order valence-corrected chi connectivity index (χ4v) is 3.65.